The van der Waals surface area contributed by atoms with Crippen LogP contribution < -0.4 is 0 Å². The van der Waals surface area contributed by atoms with Crippen LogP contribution in [0.2, 0.25) is 0 Å². The number of aryl methyl sites for hydroxylation is 2. The van der Waals surface area contributed by atoms with Crippen molar-refractivity contribution in [2.24, 2.45) is 0 Å². The lowest BCUT2D eigenvalue weighted by atomic mass is 9.90. The smallest absolute Gasteiger partial charge is 0.0791 e. The van der Waals surface area contributed by atoms with Crippen molar-refractivity contribution in [1.29, 1.82) is 0 Å². The fourth-order valence-corrected chi connectivity index (χ4v) is 5.76. The summed E-state index contributed by atoms with van der Waals surface area (Å²) in [6, 6.07) is 41.5. The molecule has 0 aliphatic heterocycles. The quantitative estimate of drug-likeness (QED) is 0.185. The summed E-state index contributed by atoms with van der Waals surface area (Å²) in [5, 5.41) is 7.34. The lowest BCUT2D eigenvalue weighted by molar-refractivity contribution is 1.48. The van der Waals surface area contributed by atoms with E-state index in [0.717, 1.165) is 11.0 Å². The Labute approximate surface area is 210 Å². The van der Waals surface area contributed by atoms with Gasteiger partial charge in [-0.05, 0) is 76.2 Å². The van der Waals surface area contributed by atoms with Gasteiger partial charge in [0.25, 0.3) is 0 Å². The Morgan fingerprint density at radius 3 is 1.33 bits per heavy atom. The molecule has 0 saturated heterocycles. The number of hydrogen-bond donors (Lipinski definition) is 0. The minimum Gasteiger partial charge on any atom is -0.246 e. The van der Waals surface area contributed by atoms with Crippen LogP contribution in [0.25, 0.3) is 65.6 Å². The second kappa shape index (κ2) is 8.03. The number of pyridine rings is 1. The van der Waals surface area contributed by atoms with Crippen molar-refractivity contribution in [2.45, 2.75) is 13.8 Å². The molecule has 36 heavy (non-hydrogen) atoms. The lowest BCUT2D eigenvalue weighted by Crippen LogP contribution is -1.93. The predicted molar refractivity (Wildman–Crippen MR) is 155 cm³/mol. The highest BCUT2D eigenvalue weighted by Crippen LogP contribution is 2.40. The number of nitrogens with zero attached hydrogens (tertiary/aromatic N) is 1. The van der Waals surface area contributed by atoms with Crippen LogP contribution in [0.15, 0.2) is 115 Å². The van der Waals surface area contributed by atoms with Crippen molar-refractivity contribution in [1.82, 2.24) is 4.98 Å². The van der Waals surface area contributed by atoms with Crippen LogP contribution in [0.5, 0.6) is 0 Å². The summed E-state index contributed by atoms with van der Waals surface area (Å²) in [5.74, 6) is 0. The van der Waals surface area contributed by atoms with Crippen LogP contribution in [-0.2, 0) is 0 Å². The van der Waals surface area contributed by atoms with E-state index in [4.69, 9.17) is 4.98 Å². The van der Waals surface area contributed by atoms with E-state index >= 15 is 0 Å². The second-order valence-corrected chi connectivity index (χ2v) is 9.71. The highest BCUT2D eigenvalue weighted by molar-refractivity contribution is 6.20. The third-order valence-corrected chi connectivity index (χ3v) is 7.45. The number of hydrogen-bond acceptors (Lipinski definition) is 1. The summed E-state index contributed by atoms with van der Waals surface area (Å²) in [7, 11) is 0. The van der Waals surface area contributed by atoms with Gasteiger partial charge in [0.1, 0.15) is 0 Å². The van der Waals surface area contributed by atoms with Crippen LogP contribution >= 0.6 is 0 Å². The molecule has 0 saturated carbocycles. The first-order chi connectivity index (χ1) is 17.7. The largest absolute Gasteiger partial charge is 0.246 e. The Morgan fingerprint density at radius 1 is 0.444 bits per heavy atom. The molecule has 0 aliphatic rings. The maximum Gasteiger partial charge on any atom is 0.0791 e. The third-order valence-electron chi connectivity index (χ3n) is 7.45. The van der Waals surface area contributed by atoms with Crippen molar-refractivity contribution in [3.05, 3.63) is 126 Å². The minimum atomic E-state index is 1.08. The van der Waals surface area contributed by atoms with Crippen molar-refractivity contribution < 1.29 is 0 Å². The molecule has 0 aliphatic carbocycles. The van der Waals surface area contributed by atoms with Gasteiger partial charge in [-0.25, -0.2) is 4.98 Å². The molecular formula is C35H25N. The standard InChI is InChI=1S/C35H25N/c1-22-11-9-17-28-30(24-13-5-3-6-14-24)20-26-19-27-21-31(25-15-7-4-8-16-25)29-18-10-12-23(2)33(29)35(27)36-34(26)32(22)28/h3-21H,1-2H3. The molecule has 1 heteroatoms. The minimum absolute atomic E-state index is 1.08. The lowest BCUT2D eigenvalue weighted by Gasteiger charge is -2.16. The van der Waals surface area contributed by atoms with Gasteiger partial charge < -0.3 is 0 Å². The molecule has 6 aromatic carbocycles. The molecule has 0 N–H and O–H groups in total. The van der Waals surface area contributed by atoms with Gasteiger partial charge in [-0.3, -0.25) is 0 Å². The Kier molecular flexibility index (Phi) is 4.65. The molecule has 0 bridgehead atoms. The van der Waals surface area contributed by atoms with E-state index in [1.165, 1.54) is 65.7 Å². The van der Waals surface area contributed by atoms with Gasteiger partial charge >= 0.3 is 0 Å². The average Bonchev–Trinajstić information content (AvgIpc) is 2.92. The highest BCUT2D eigenvalue weighted by Gasteiger charge is 2.16. The van der Waals surface area contributed by atoms with Crippen molar-refractivity contribution in [2.75, 3.05) is 0 Å². The topological polar surface area (TPSA) is 12.9 Å². The van der Waals surface area contributed by atoms with E-state index in [9.17, 15) is 0 Å². The maximum absolute atomic E-state index is 5.43. The molecular weight excluding hydrogens is 434 g/mol. The zero-order valence-electron chi connectivity index (χ0n) is 20.4. The van der Waals surface area contributed by atoms with Crippen molar-refractivity contribution >= 4 is 43.4 Å². The number of rotatable bonds is 2. The highest BCUT2D eigenvalue weighted by atomic mass is 14.7. The summed E-state index contributed by atoms with van der Waals surface area (Å²) >= 11 is 0. The van der Waals surface area contributed by atoms with E-state index in [1.807, 2.05) is 0 Å². The summed E-state index contributed by atoms with van der Waals surface area (Å²) in [4.78, 5) is 5.43. The Hall–Kier alpha value is -4.49. The normalized spacial score (nSPS) is 11.6. The van der Waals surface area contributed by atoms with Gasteiger partial charge in [-0.15, -0.1) is 0 Å². The molecule has 0 unspecified atom stereocenters. The average molecular weight is 460 g/mol. The van der Waals surface area contributed by atoms with Crippen LogP contribution in [0.1, 0.15) is 11.1 Å². The molecule has 0 atom stereocenters. The summed E-state index contributed by atoms with van der Waals surface area (Å²) in [5.41, 5.74) is 9.63. The van der Waals surface area contributed by atoms with Crippen molar-refractivity contribution in [3.63, 3.8) is 0 Å². The maximum atomic E-state index is 5.43. The monoisotopic (exact) mass is 459 g/mol. The Bertz CT molecular complexity index is 1790. The molecule has 1 nitrogen and oxygen atoms in total. The summed E-state index contributed by atoms with van der Waals surface area (Å²) < 4.78 is 0. The van der Waals surface area contributed by atoms with E-state index in [2.05, 4.69) is 129 Å². The third kappa shape index (κ3) is 3.13. The van der Waals surface area contributed by atoms with Gasteiger partial charge in [0.05, 0.1) is 11.0 Å². The molecule has 7 aromatic rings. The van der Waals surface area contributed by atoms with Crippen LogP contribution in [0.3, 0.4) is 0 Å². The number of aromatic nitrogens is 1. The van der Waals surface area contributed by atoms with Gasteiger partial charge in [0.2, 0.25) is 0 Å². The first kappa shape index (κ1) is 20.8. The number of fused-ring (bicyclic) bond motifs is 6. The summed E-state index contributed by atoms with van der Waals surface area (Å²) in [6.45, 7) is 4.40. The van der Waals surface area contributed by atoms with Crippen LogP contribution in [0.4, 0.5) is 0 Å². The van der Waals surface area contributed by atoms with E-state index in [1.54, 1.807) is 0 Å². The molecule has 7 rings (SSSR count). The zero-order valence-corrected chi connectivity index (χ0v) is 20.4. The Morgan fingerprint density at radius 2 is 0.889 bits per heavy atom. The van der Waals surface area contributed by atoms with E-state index < -0.39 is 0 Å². The van der Waals surface area contributed by atoms with Gasteiger partial charge in [-0.1, -0.05) is 97.1 Å². The van der Waals surface area contributed by atoms with Crippen LogP contribution in [-0.4, -0.2) is 4.98 Å². The van der Waals surface area contributed by atoms with Crippen molar-refractivity contribution in [3.8, 4) is 22.3 Å². The van der Waals surface area contributed by atoms with E-state index in [-0.39, 0.29) is 0 Å². The summed E-state index contributed by atoms with van der Waals surface area (Å²) in [6.07, 6.45) is 0. The fourth-order valence-electron chi connectivity index (χ4n) is 5.76. The zero-order chi connectivity index (χ0) is 24.2. The molecule has 0 fully saturated rings. The molecule has 1 aromatic heterocycles. The molecule has 170 valence electrons. The molecule has 0 amide bonds. The SMILES string of the molecule is Cc1cccc2c(-c3ccccc3)cc3cc4cc(-c5ccccc5)c5cccc(C)c5c4nc3c12. The predicted octanol–water partition coefficient (Wildman–Crippen LogP) is 9.65. The second-order valence-electron chi connectivity index (χ2n) is 9.71. The van der Waals surface area contributed by atoms with E-state index in [0.29, 0.717) is 0 Å². The van der Waals surface area contributed by atoms with Gasteiger partial charge in [-0.2, -0.15) is 0 Å². The fraction of sp³-hybridized carbons (Fsp3) is 0.0571. The molecule has 0 radical (unpaired) electrons. The Balaban J connectivity index is 1.67. The molecule has 1 heterocycles. The first-order valence-corrected chi connectivity index (χ1v) is 12.5. The molecule has 0 spiro atoms. The van der Waals surface area contributed by atoms with Gasteiger partial charge in [0, 0.05) is 21.5 Å². The first-order valence-electron chi connectivity index (χ1n) is 12.5. The van der Waals surface area contributed by atoms with Gasteiger partial charge in [0.15, 0.2) is 0 Å². The number of benzene rings is 6. The van der Waals surface area contributed by atoms with Crippen LogP contribution in [0, 0.1) is 13.8 Å².